The summed E-state index contributed by atoms with van der Waals surface area (Å²) in [6.45, 7) is 0.267. The molecule has 3 aromatic rings. The predicted octanol–water partition coefficient (Wildman–Crippen LogP) is 4.01. The van der Waals surface area contributed by atoms with Crippen molar-refractivity contribution in [3.8, 4) is 0 Å². The van der Waals surface area contributed by atoms with Crippen LogP contribution in [-0.2, 0) is 6.54 Å². The molecule has 0 unspecified atom stereocenters. The van der Waals surface area contributed by atoms with Gasteiger partial charge in [0, 0.05) is 23.4 Å². The maximum Gasteiger partial charge on any atom is 0.255 e. The maximum atomic E-state index is 12.9. The van der Waals surface area contributed by atoms with Crippen molar-refractivity contribution in [1.82, 2.24) is 5.32 Å². The summed E-state index contributed by atoms with van der Waals surface area (Å²) >= 11 is 0. The molecule has 130 valence electrons. The molecule has 2 amide bonds. The molecule has 0 aliphatic heterocycles. The number of halogens is 1. The number of rotatable bonds is 5. The summed E-state index contributed by atoms with van der Waals surface area (Å²) in [4.78, 5) is 24.4. The van der Waals surface area contributed by atoms with Crippen LogP contribution in [-0.4, -0.2) is 11.8 Å². The second-order valence-corrected chi connectivity index (χ2v) is 5.71. The maximum absolute atomic E-state index is 12.9. The average molecular weight is 348 g/mol. The molecule has 4 nitrogen and oxygen atoms in total. The molecule has 26 heavy (non-hydrogen) atoms. The molecule has 0 spiro atoms. The summed E-state index contributed by atoms with van der Waals surface area (Å²) in [6, 6.07) is 21.5. The van der Waals surface area contributed by atoms with E-state index in [-0.39, 0.29) is 18.4 Å². The van der Waals surface area contributed by atoms with Crippen LogP contribution in [0.3, 0.4) is 0 Å². The third-order valence-corrected chi connectivity index (χ3v) is 3.78. The molecule has 0 heterocycles. The van der Waals surface area contributed by atoms with E-state index in [0.29, 0.717) is 16.8 Å². The highest BCUT2D eigenvalue weighted by Gasteiger charge is 2.08. The molecule has 0 saturated carbocycles. The minimum atomic E-state index is -0.390. The van der Waals surface area contributed by atoms with E-state index in [1.165, 1.54) is 24.3 Å². The molecule has 0 aromatic heterocycles. The highest BCUT2D eigenvalue weighted by atomic mass is 19.1. The number of hydrogen-bond donors (Lipinski definition) is 2. The van der Waals surface area contributed by atoms with Gasteiger partial charge in [-0.2, -0.15) is 0 Å². The van der Waals surface area contributed by atoms with E-state index in [1.807, 2.05) is 36.4 Å². The highest BCUT2D eigenvalue weighted by molar-refractivity contribution is 6.04. The van der Waals surface area contributed by atoms with Crippen LogP contribution < -0.4 is 10.6 Å². The summed E-state index contributed by atoms with van der Waals surface area (Å²) in [5, 5.41) is 5.58. The quantitative estimate of drug-likeness (QED) is 0.732. The Morgan fingerprint density at radius 3 is 2.23 bits per heavy atom. The number of anilines is 1. The molecular weight excluding hydrogens is 331 g/mol. The minimum Gasteiger partial charge on any atom is -0.348 e. The number of benzene rings is 3. The van der Waals surface area contributed by atoms with Gasteiger partial charge in [0.2, 0.25) is 0 Å². The number of carbonyl (C=O) groups excluding carboxylic acids is 2. The van der Waals surface area contributed by atoms with Gasteiger partial charge < -0.3 is 10.6 Å². The number of hydrogen-bond acceptors (Lipinski definition) is 2. The number of nitrogens with one attached hydrogen (secondary N) is 2. The number of para-hydroxylation sites is 1. The Kier molecular flexibility index (Phi) is 5.39. The van der Waals surface area contributed by atoms with E-state index >= 15 is 0 Å². The van der Waals surface area contributed by atoms with Crippen molar-refractivity contribution in [2.24, 2.45) is 0 Å². The van der Waals surface area contributed by atoms with Gasteiger partial charge in [0.1, 0.15) is 5.82 Å². The first-order valence-electron chi connectivity index (χ1n) is 8.11. The Hall–Kier alpha value is -3.47. The Bertz CT molecular complexity index is 909. The van der Waals surface area contributed by atoms with Crippen molar-refractivity contribution < 1.29 is 14.0 Å². The van der Waals surface area contributed by atoms with Crippen molar-refractivity contribution >= 4 is 17.5 Å². The first kappa shape index (κ1) is 17.4. The highest BCUT2D eigenvalue weighted by Crippen LogP contribution is 2.11. The summed E-state index contributed by atoms with van der Waals surface area (Å²) in [5.41, 5.74) is 2.39. The molecule has 0 saturated heterocycles. The second kappa shape index (κ2) is 8.07. The molecule has 3 rings (SSSR count). The Morgan fingerprint density at radius 1 is 0.769 bits per heavy atom. The predicted molar refractivity (Wildman–Crippen MR) is 98.4 cm³/mol. The van der Waals surface area contributed by atoms with Gasteiger partial charge in [-0.25, -0.2) is 4.39 Å². The number of amides is 2. The average Bonchev–Trinajstić information content (AvgIpc) is 2.67. The zero-order valence-electron chi connectivity index (χ0n) is 13.9. The monoisotopic (exact) mass is 348 g/mol. The van der Waals surface area contributed by atoms with Crippen LogP contribution in [0.1, 0.15) is 26.3 Å². The van der Waals surface area contributed by atoms with Gasteiger partial charge in [-0.3, -0.25) is 9.59 Å². The van der Waals surface area contributed by atoms with Gasteiger partial charge in [0.25, 0.3) is 11.8 Å². The summed E-state index contributed by atoms with van der Waals surface area (Å²) < 4.78 is 12.9. The Labute approximate surface area is 150 Å². The van der Waals surface area contributed by atoms with E-state index in [4.69, 9.17) is 0 Å². The fourth-order valence-electron chi connectivity index (χ4n) is 2.43. The van der Waals surface area contributed by atoms with Crippen molar-refractivity contribution in [1.29, 1.82) is 0 Å². The lowest BCUT2D eigenvalue weighted by atomic mass is 10.1. The van der Waals surface area contributed by atoms with E-state index in [9.17, 15) is 14.0 Å². The van der Waals surface area contributed by atoms with Crippen LogP contribution in [0.4, 0.5) is 10.1 Å². The first-order chi connectivity index (χ1) is 12.6. The molecule has 0 radical (unpaired) electrons. The van der Waals surface area contributed by atoms with Crippen molar-refractivity contribution in [3.63, 3.8) is 0 Å². The van der Waals surface area contributed by atoms with Gasteiger partial charge in [-0.05, 0) is 54.1 Å². The molecule has 0 aliphatic rings. The smallest absolute Gasteiger partial charge is 0.255 e. The van der Waals surface area contributed by atoms with Crippen LogP contribution in [0.5, 0.6) is 0 Å². The van der Waals surface area contributed by atoms with Crippen molar-refractivity contribution in [2.75, 3.05) is 5.32 Å². The Morgan fingerprint density at radius 2 is 1.50 bits per heavy atom. The van der Waals surface area contributed by atoms with E-state index in [2.05, 4.69) is 10.6 Å². The third-order valence-electron chi connectivity index (χ3n) is 3.78. The summed E-state index contributed by atoms with van der Waals surface area (Å²) in [7, 11) is 0. The van der Waals surface area contributed by atoms with Crippen LogP contribution in [0, 0.1) is 5.82 Å². The van der Waals surface area contributed by atoms with E-state index < -0.39 is 5.82 Å². The fraction of sp³-hybridized carbons (Fsp3) is 0.0476. The lowest BCUT2D eigenvalue weighted by Crippen LogP contribution is -2.23. The largest absolute Gasteiger partial charge is 0.348 e. The first-order valence-corrected chi connectivity index (χ1v) is 8.11. The standard InChI is InChI=1S/C21H17FN2O2/c22-18-11-9-16(10-12-18)20(25)23-14-15-5-4-6-17(13-15)21(26)24-19-7-2-1-3-8-19/h1-13H,14H2,(H,23,25)(H,24,26). The molecule has 0 atom stereocenters. The molecular formula is C21H17FN2O2. The van der Waals surface area contributed by atoms with Crippen molar-refractivity contribution in [2.45, 2.75) is 6.54 Å². The normalized spacial score (nSPS) is 10.2. The topological polar surface area (TPSA) is 58.2 Å². The van der Waals surface area contributed by atoms with Gasteiger partial charge in [0.05, 0.1) is 0 Å². The van der Waals surface area contributed by atoms with Gasteiger partial charge in [0.15, 0.2) is 0 Å². The van der Waals surface area contributed by atoms with Crippen LogP contribution >= 0.6 is 0 Å². The Balaban J connectivity index is 1.62. The van der Waals surface area contributed by atoms with Gasteiger partial charge >= 0.3 is 0 Å². The molecule has 2 N–H and O–H groups in total. The van der Waals surface area contributed by atoms with E-state index in [1.54, 1.807) is 18.2 Å². The zero-order valence-corrected chi connectivity index (χ0v) is 13.9. The lowest BCUT2D eigenvalue weighted by Gasteiger charge is -2.08. The zero-order chi connectivity index (χ0) is 18.4. The fourth-order valence-corrected chi connectivity index (χ4v) is 2.43. The minimum absolute atomic E-state index is 0.220. The molecule has 0 fully saturated rings. The van der Waals surface area contributed by atoms with Gasteiger partial charge in [-0.1, -0.05) is 30.3 Å². The van der Waals surface area contributed by atoms with Crippen LogP contribution in [0.15, 0.2) is 78.9 Å². The van der Waals surface area contributed by atoms with Gasteiger partial charge in [-0.15, -0.1) is 0 Å². The lowest BCUT2D eigenvalue weighted by molar-refractivity contribution is 0.0950. The summed E-state index contributed by atoms with van der Waals surface area (Å²) in [6.07, 6.45) is 0. The number of carbonyl (C=O) groups is 2. The molecule has 3 aromatic carbocycles. The SMILES string of the molecule is O=C(NCc1cccc(C(=O)Nc2ccccc2)c1)c1ccc(F)cc1. The van der Waals surface area contributed by atoms with Crippen LogP contribution in [0.25, 0.3) is 0 Å². The van der Waals surface area contributed by atoms with Crippen LogP contribution in [0.2, 0.25) is 0 Å². The molecule has 5 heteroatoms. The second-order valence-electron chi connectivity index (χ2n) is 5.71. The molecule has 0 bridgehead atoms. The van der Waals surface area contributed by atoms with E-state index in [0.717, 1.165) is 5.56 Å². The van der Waals surface area contributed by atoms with Crippen molar-refractivity contribution in [3.05, 3.63) is 101 Å². The summed E-state index contributed by atoms with van der Waals surface area (Å²) in [5.74, 6) is -0.911. The molecule has 0 aliphatic carbocycles. The third kappa shape index (κ3) is 4.54.